The third kappa shape index (κ3) is 40.4. The highest BCUT2D eigenvalue weighted by molar-refractivity contribution is 5.76. The molecule has 0 aliphatic carbocycles. The maximum Gasteiger partial charge on any atom is 0.305 e. The Morgan fingerprint density at radius 3 is 0.889 bits per heavy atom. The van der Waals surface area contributed by atoms with Gasteiger partial charge in [-0.05, 0) is 0 Å². The Bertz CT molecular complexity index is 618. The second-order valence-electron chi connectivity index (χ2n) is 8.97. The number of hydrogen-bond acceptors (Lipinski definition) is 14. The number of aliphatic carboxylic acids is 1. The summed E-state index contributed by atoms with van der Waals surface area (Å²) in [5.74, 6) is -1.19. The lowest BCUT2D eigenvalue weighted by atomic mass is 10.4. The predicted molar refractivity (Wildman–Crippen MR) is 161 cm³/mol. The quantitative estimate of drug-likeness (QED) is 0.0829. The molecule has 16 nitrogen and oxygen atoms in total. The van der Waals surface area contributed by atoms with E-state index in [0.717, 1.165) is 0 Å². The van der Waals surface area contributed by atoms with E-state index in [2.05, 4.69) is 5.32 Å². The maximum atomic E-state index is 11.4. The first-order valence-electron chi connectivity index (χ1n) is 15.5. The van der Waals surface area contributed by atoms with Crippen molar-refractivity contribution in [1.29, 1.82) is 0 Å². The van der Waals surface area contributed by atoms with Crippen molar-refractivity contribution in [1.82, 2.24) is 5.32 Å². The van der Waals surface area contributed by atoms with Crippen LogP contribution in [0.15, 0.2) is 0 Å². The topological polar surface area (TPSA) is 177 Å². The zero-order chi connectivity index (χ0) is 32.7. The van der Waals surface area contributed by atoms with E-state index in [0.29, 0.717) is 145 Å². The third-order valence-corrected chi connectivity index (χ3v) is 5.29. The molecule has 0 bridgehead atoms. The Kier molecular flexibility index (Phi) is 37.3. The molecule has 0 saturated carbocycles. The standard InChI is InChI=1S/C29H57NO15/c1-34-6-7-36-10-11-38-14-15-40-18-19-42-22-23-44-26-27-45-25-24-43-21-20-41-17-16-39-13-12-37-9-8-35-5-3-28(31)30-4-2-29(32)33/h2-27H2,1H3,(H,30,31)(H,32,33). The van der Waals surface area contributed by atoms with Crippen LogP contribution in [0.4, 0.5) is 0 Å². The normalized spacial score (nSPS) is 11.3. The zero-order valence-electron chi connectivity index (χ0n) is 27.0. The zero-order valence-corrected chi connectivity index (χ0v) is 27.0. The van der Waals surface area contributed by atoms with Crippen LogP contribution in [0.5, 0.6) is 0 Å². The van der Waals surface area contributed by atoms with Gasteiger partial charge in [-0.3, -0.25) is 9.59 Å². The van der Waals surface area contributed by atoms with E-state index in [9.17, 15) is 9.59 Å². The van der Waals surface area contributed by atoms with Gasteiger partial charge in [-0.15, -0.1) is 0 Å². The number of carboxylic acids is 1. The first-order valence-corrected chi connectivity index (χ1v) is 15.5. The summed E-state index contributed by atoms with van der Waals surface area (Å²) >= 11 is 0. The van der Waals surface area contributed by atoms with E-state index in [1.807, 2.05) is 0 Å². The lowest BCUT2D eigenvalue weighted by Crippen LogP contribution is -2.27. The number of methoxy groups -OCH3 is 1. The van der Waals surface area contributed by atoms with Gasteiger partial charge in [0.15, 0.2) is 0 Å². The van der Waals surface area contributed by atoms with Crippen LogP contribution in [0.25, 0.3) is 0 Å². The van der Waals surface area contributed by atoms with E-state index in [1.165, 1.54) is 0 Å². The Balaban J connectivity index is 3.08. The molecule has 0 spiro atoms. The van der Waals surface area contributed by atoms with Gasteiger partial charge in [0, 0.05) is 20.1 Å². The van der Waals surface area contributed by atoms with E-state index in [4.69, 9.17) is 61.9 Å². The Hall–Kier alpha value is -1.54. The summed E-state index contributed by atoms with van der Waals surface area (Å²) < 4.78 is 64.3. The molecule has 0 radical (unpaired) electrons. The van der Waals surface area contributed by atoms with Crippen molar-refractivity contribution in [2.75, 3.05) is 166 Å². The molecule has 0 aliphatic rings. The number of carbonyl (C=O) groups excluding carboxylic acids is 1. The molecule has 0 aliphatic heterocycles. The van der Waals surface area contributed by atoms with Crippen LogP contribution >= 0.6 is 0 Å². The molecule has 0 saturated heterocycles. The molecule has 45 heavy (non-hydrogen) atoms. The average Bonchev–Trinajstić information content (AvgIpc) is 3.02. The highest BCUT2D eigenvalue weighted by atomic mass is 16.6. The van der Waals surface area contributed by atoms with Crippen LogP contribution in [0.3, 0.4) is 0 Å². The first kappa shape index (κ1) is 43.5. The molecule has 0 fully saturated rings. The fraction of sp³-hybridized carbons (Fsp3) is 0.931. The number of nitrogens with one attached hydrogen (secondary N) is 1. The fourth-order valence-corrected chi connectivity index (χ4v) is 3.01. The van der Waals surface area contributed by atoms with Gasteiger partial charge in [-0.25, -0.2) is 0 Å². The predicted octanol–water partition coefficient (Wildman–Crippen LogP) is -0.204. The van der Waals surface area contributed by atoms with Crippen molar-refractivity contribution in [3.8, 4) is 0 Å². The molecular weight excluding hydrogens is 602 g/mol. The van der Waals surface area contributed by atoms with Gasteiger partial charge in [-0.2, -0.15) is 0 Å². The van der Waals surface area contributed by atoms with Crippen molar-refractivity contribution in [2.45, 2.75) is 12.8 Å². The monoisotopic (exact) mass is 659 g/mol. The van der Waals surface area contributed by atoms with Gasteiger partial charge in [0.25, 0.3) is 0 Å². The number of carboxylic acid groups (broad SMARTS) is 1. The smallest absolute Gasteiger partial charge is 0.305 e. The van der Waals surface area contributed by atoms with E-state index >= 15 is 0 Å². The van der Waals surface area contributed by atoms with Gasteiger partial charge < -0.3 is 67.3 Å². The minimum atomic E-state index is -0.949. The second kappa shape index (κ2) is 38.6. The van der Waals surface area contributed by atoms with Gasteiger partial charge in [0.2, 0.25) is 5.91 Å². The average molecular weight is 660 g/mol. The first-order chi connectivity index (χ1) is 22.2. The molecule has 268 valence electrons. The molecule has 0 heterocycles. The lowest BCUT2D eigenvalue weighted by Gasteiger charge is -2.09. The van der Waals surface area contributed by atoms with Gasteiger partial charge in [-0.1, -0.05) is 0 Å². The highest BCUT2D eigenvalue weighted by Crippen LogP contribution is 1.88. The molecule has 0 atom stereocenters. The van der Waals surface area contributed by atoms with E-state index in [1.54, 1.807) is 7.11 Å². The Morgan fingerprint density at radius 2 is 0.644 bits per heavy atom. The SMILES string of the molecule is COCCOCCOCCOCCOCCOCCOCCOCCOCCOCCOCCOCCC(=O)NCCC(=O)O. The molecule has 0 rings (SSSR count). The second-order valence-corrected chi connectivity index (χ2v) is 8.97. The van der Waals surface area contributed by atoms with Crippen LogP contribution < -0.4 is 5.32 Å². The summed E-state index contributed by atoms with van der Waals surface area (Å²) in [5, 5.41) is 11.0. The maximum absolute atomic E-state index is 11.4. The Labute approximate surface area is 267 Å². The van der Waals surface area contributed by atoms with E-state index in [-0.39, 0.29) is 31.9 Å². The Morgan fingerprint density at radius 1 is 0.400 bits per heavy atom. The van der Waals surface area contributed by atoms with Crippen molar-refractivity contribution >= 4 is 11.9 Å². The largest absolute Gasteiger partial charge is 0.481 e. The van der Waals surface area contributed by atoms with Crippen molar-refractivity contribution < 1.29 is 71.5 Å². The van der Waals surface area contributed by atoms with Crippen molar-refractivity contribution in [3.05, 3.63) is 0 Å². The van der Waals surface area contributed by atoms with Crippen molar-refractivity contribution in [3.63, 3.8) is 0 Å². The van der Waals surface area contributed by atoms with Crippen LogP contribution in [0.2, 0.25) is 0 Å². The summed E-state index contributed by atoms with van der Waals surface area (Å²) in [4.78, 5) is 21.8. The van der Waals surface area contributed by atoms with Crippen LogP contribution in [-0.2, 0) is 66.4 Å². The fourth-order valence-electron chi connectivity index (χ4n) is 3.01. The minimum absolute atomic E-state index is 0.0970. The summed E-state index contributed by atoms with van der Waals surface area (Å²) in [5.41, 5.74) is 0. The molecule has 2 N–H and O–H groups in total. The van der Waals surface area contributed by atoms with Crippen LogP contribution in [0.1, 0.15) is 12.8 Å². The number of carbonyl (C=O) groups is 2. The lowest BCUT2D eigenvalue weighted by molar-refractivity contribution is -0.136. The van der Waals surface area contributed by atoms with Gasteiger partial charge in [0.1, 0.15) is 0 Å². The number of amides is 1. The molecule has 16 heteroatoms. The van der Waals surface area contributed by atoms with Crippen molar-refractivity contribution in [2.24, 2.45) is 0 Å². The third-order valence-electron chi connectivity index (χ3n) is 5.29. The molecule has 1 amide bonds. The molecule has 0 aromatic carbocycles. The van der Waals surface area contributed by atoms with E-state index < -0.39 is 5.97 Å². The van der Waals surface area contributed by atoms with Crippen LogP contribution in [-0.4, -0.2) is 183 Å². The summed E-state index contributed by atoms with van der Waals surface area (Å²) in [6, 6.07) is 0. The summed E-state index contributed by atoms with van der Waals surface area (Å²) in [6.07, 6.45) is 0.0823. The van der Waals surface area contributed by atoms with Gasteiger partial charge >= 0.3 is 5.97 Å². The molecule has 0 aromatic rings. The summed E-state index contributed by atoms with van der Waals surface area (Å²) in [7, 11) is 1.64. The molecule has 0 unspecified atom stereocenters. The minimum Gasteiger partial charge on any atom is -0.481 e. The van der Waals surface area contributed by atoms with Gasteiger partial charge in [0.05, 0.1) is 158 Å². The number of hydrogen-bond donors (Lipinski definition) is 2. The number of rotatable bonds is 39. The number of ether oxygens (including phenoxy) is 12. The van der Waals surface area contributed by atoms with Crippen LogP contribution in [0, 0.1) is 0 Å². The molecule has 0 aromatic heterocycles. The highest BCUT2D eigenvalue weighted by Gasteiger charge is 2.03. The summed E-state index contributed by atoms with van der Waals surface area (Å²) in [6.45, 7) is 11.1. The molecular formula is C29H57NO15.